The van der Waals surface area contributed by atoms with Crippen molar-refractivity contribution in [2.75, 3.05) is 11.9 Å². The lowest BCUT2D eigenvalue weighted by Crippen LogP contribution is -1.92. The van der Waals surface area contributed by atoms with E-state index in [9.17, 15) is 4.57 Å². The minimum atomic E-state index is -4.25. The summed E-state index contributed by atoms with van der Waals surface area (Å²) in [5, 5.41) is 1.13. The van der Waals surface area contributed by atoms with Gasteiger partial charge in [-0.2, -0.15) is 0 Å². The maximum absolute atomic E-state index is 10.4. The molecule has 122 valence electrons. The molecular weight excluding hydrogens is 343 g/mol. The minimum Gasteiger partial charge on any atom is -0.303 e. The largest absolute Gasteiger partial charge is 0.469 e. The van der Waals surface area contributed by atoms with E-state index < -0.39 is 7.82 Å². The van der Waals surface area contributed by atoms with Crippen LogP contribution >= 0.6 is 23.8 Å². The average Bonchev–Trinajstić information content (AvgIpc) is 2.38. The molecule has 4 nitrogen and oxygen atoms in total. The Morgan fingerprint density at radius 2 is 1.05 bits per heavy atom. The van der Waals surface area contributed by atoms with Crippen molar-refractivity contribution in [1.82, 2.24) is 0 Å². The zero-order valence-corrected chi connectivity index (χ0v) is 14.9. The van der Waals surface area contributed by atoms with E-state index in [-0.39, 0.29) is 6.61 Å². The first-order chi connectivity index (χ1) is 9.56. The molecule has 0 amide bonds. The summed E-state index contributed by atoms with van der Waals surface area (Å²) in [6.45, 7) is 0.165. The second-order valence-electron chi connectivity index (χ2n) is 5.26. The predicted octanol–water partition coefficient (Wildman–Crippen LogP) is 5.17. The molecule has 2 N–H and O–H groups in total. The SMILES string of the molecule is O=P(O)(O)OCCCCCCCCCCCCCCBr. The predicted molar refractivity (Wildman–Crippen MR) is 87.2 cm³/mol. The van der Waals surface area contributed by atoms with Crippen LogP contribution in [0, 0.1) is 0 Å². The molecule has 0 aliphatic carbocycles. The molecule has 0 aromatic rings. The lowest BCUT2D eigenvalue weighted by Gasteiger charge is -2.05. The second kappa shape index (κ2) is 14.5. The summed E-state index contributed by atoms with van der Waals surface area (Å²) in [5.74, 6) is 0. The fourth-order valence-electron chi connectivity index (χ4n) is 2.15. The molecule has 0 atom stereocenters. The first-order valence-corrected chi connectivity index (χ1v) is 10.5. The molecule has 0 aliphatic rings. The summed E-state index contributed by atoms with van der Waals surface area (Å²) in [4.78, 5) is 17.0. The minimum absolute atomic E-state index is 0.165. The van der Waals surface area contributed by atoms with Crippen LogP contribution in [-0.2, 0) is 9.09 Å². The quantitative estimate of drug-likeness (QED) is 0.236. The number of phosphoric ester groups is 1. The summed E-state index contributed by atoms with van der Waals surface area (Å²) in [5.41, 5.74) is 0. The van der Waals surface area contributed by atoms with E-state index in [1.54, 1.807) is 0 Å². The molecule has 0 fully saturated rings. The van der Waals surface area contributed by atoms with Gasteiger partial charge in [-0.1, -0.05) is 80.1 Å². The van der Waals surface area contributed by atoms with Gasteiger partial charge in [0.1, 0.15) is 0 Å². The zero-order chi connectivity index (χ0) is 15.1. The molecular formula is C14H30BrO4P. The van der Waals surface area contributed by atoms with Crippen molar-refractivity contribution in [3.05, 3.63) is 0 Å². The maximum atomic E-state index is 10.4. The van der Waals surface area contributed by atoms with Gasteiger partial charge in [0.2, 0.25) is 0 Å². The molecule has 0 heterocycles. The van der Waals surface area contributed by atoms with E-state index in [2.05, 4.69) is 20.5 Å². The van der Waals surface area contributed by atoms with Crippen molar-refractivity contribution in [2.45, 2.75) is 77.0 Å². The van der Waals surface area contributed by atoms with E-state index in [4.69, 9.17) is 9.79 Å². The van der Waals surface area contributed by atoms with E-state index in [0.29, 0.717) is 0 Å². The maximum Gasteiger partial charge on any atom is 0.469 e. The number of phosphoric acid groups is 1. The number of halogens is 1. The van der Waals surface area contributed by atoms with Crippen LogP contribution in [-0.4, -0.2) is 21.7 Å². The molecule has 0 aliphatic heterocycles. The van der Waals surface area contributed by atoms with Crippen LogP contribution in [0.5, 0.6) is 0 Å². The van der Waals surface area contributed by atoms with E-state index in [1.807, 2.05) is 0 Å². The Balaban J connectivity index is 3.01. The fraction of sp³-hybridized carbons (Fsp3) is 1.00. The van der Waals surface area contributed by atoms with Crippen molar-refractivity contribution in [1.29, 1.82) is 0 Å². The Labute approximate surface area is 132 Å². The van der Waals surface area contributed by atoms with Gasteiger partial charge in [0.25, 0.3) is 0 Å². The number of unbranched alkanes of at least 4 members (excludes halogenated alkanes) is 11. The highest BCUT2D eigenvalue weighted by molar-refractivity contribution is 9.09. The first-order valence-electron chi connectivity index (χ1n) is 7.82. The van der Waals surface area contributed by atoms with Crippen LogP contribution in [0.25, 0.3) is 0 Å². The van der Waals surface area contributed by atoms with Gasteiger partial charge in [-0.05, 0) is 12.8 Å². The molecule has 0 saturated carbocycles. The van der Waals surface area contributed by atoms with Crippen molar-refractivity contribution in [3.63, 3.8) is 0 Å². The van der Waals surface area contributed by atoms with Gasteiger partial charge in [-0.25, -0.2) is 4.57 Å². The van der Waals surface area contributed by atoms with E-state index in [0.717, 1.165) is 24.6 Å². The summed E-state index contributed by atoms with van der Waals surface area (Å²) >= 11 is 3.45. The smallest absolute Gasteiger partial charge is 0.303 e. The third-order valence-corrected chi connectivity index (χ3v) is 4.37. The van der Waals surface area contributed by atoms with E-state index in [1.165, 1.54) is 57.8 Å². The molecule has 20 heavy (non-hydrogen) atoms. The number of hydrogen-bond donors (Lipinski definition) is 2. The standard InChI is InChI=1S/C14H30BrO4P/c15-13-11-9-7-5-3-1-2-4-6-8-10-12-14-19-20(16,17)18/h1-14H2,(H2,16,17,18). The van der Waals surface area contributed by atoms with Gasteiger partial charge in [0.05, 0.1) is 6.61 Å². The summed E-state index contributed by atoms with van der Waals surface area (Å²) in [6.07, 6.45) is 14.8. The lowest BCUT2D eigenvalue weighted by atomic mass is 10.1. The number of rotatable bonds is 15. The fourth-order valence-corrected chi connectivity index (χ4v) is 2.91. The Morgan fingerprint density at radius 1 is 0.700 bits per heavy atom. The van der Waals surface area contributed by atoms with Gasteiger partial charge < -0.3 is 9.79 Å². The van der Waals surface area contributed by atoms with Crippen LogP contribution in [0.2, 0.25) is 0 Å². The van der Waals surface area contributed by atoms with Gasteiger partial charge in [-0.15, -0.1) is 0 Å². The third-order valence-electron chi connectivity index (χ3n) is 3.29. The molecule has 0 radical (unpaired) electrons. The summed E-state index contributed by atoms with van der Waals surface area (Å²) in [6, 6.07) is 0. The molecule has 0 rings (SSSR count). The lowest BCUT2D eigenvalue weighted by molar-refractivity contribution is 0.193. The topological polar surface area (TPSA) is 66.8 Å². The van der Waals surface area contributed by atoms with Gasteiger partial charge in [-0.3, -0.25) is 4.52 Å². The van der Waals surface area contributed by atoms with E-state index >= 15 is 0 Å². The molecule has 0 bridgehead atoms. The number of alkyl halides is 1. The van der Waals surface area contributed by atoms with Crippen LogP contribution in [0.15, 0.2) is 0 Å². The molecule has 0 aromatic carbocycles. The molecule has 0 unspecified atom stereocenters. The van der Waals surface area contributed by atoms with Gasteiger partial charge in [0, 0.05) is 5.33 Å². The normalized spacial score (nSPS) is 11.9. The average molecular weight is 373 g/mol. The van der Waals surface area contributed by atoms with Crippen LogP contribution in [0.1, 0.15) is 77.0 Å². The Bertz CT molecular complexity index is 245. The van der Waals surface area contributed by atoms with Crippen LogP contribution < -0.4 is 0 Å². The van der Waals surface area contributed by atoms with Gasteiger partial charge >= 0.3 is 7.82 Å². The Hall–Kier alpha value is 0.590. The van der Waals surface area contributed by atoms with Crippen molar-refractivity contribution < 1.29 is 18.9 Å². The zero-order valence-electron chi connectivity index (χ0n) is 12.4. The van der Waals surface area contributed by atoms with Crippen LogP contribution in [0.4, 0.5) is 0 Å². The van der Waals surface area contributed by atoms with Crippen LogP contribution in [0.3, 0.4) is 0 Å². The van der Waals surface area contributed by atoms with Crippen molar-refractivity contribution in [3.8, 4) is 0 Å². The van der Waals surface area contributed by atoms with Gasteiger partial charge in [0.15, 0.2) is 0 Å². The first kappa shape index (κ1) is 20.6. The summed E-state index contributed by atoms with van der Waals surface area (Å²) < 4.78 is 14.8. The molecule has 0 aromatic heterocycles. The summed E-state index contributed by atoms with van der Waals surface area (Å²) in [7, 11) is -4.25. The molecule has 0 saturated heterocycles. The monoisotopic (exact) mass is 372 g/mol. The Kier molecular flexibility index (Phi) is 15.0. The molecule has 6 heteroatoms. The Morgan fingerprint density at radius 3 is 1.40 bits per heavy atom. The highest BCUT2D eigenvalue weighted by Gasteiger charge is 2.12. The highest BCUT2D eigenvalue weighted by atomic mass is 79.9. The molecule has 0 spiro atoms. The third kappa shape index (κ3) is 18.6. The highest BCUT2D eigenvalue weighted by Crippen LogP contribution is 2.35. The second-order valence-corrected chi connectivity index (χ2v) is 7.29. The van der Waals surface area contributed by atoms with Crippen molar-refractivity contribution in [2.24, 2.45) is 0 Å². The van der Waals surface area contributed by atoms with Crippen molar-refractivity contribution >= 4 is 23.8 Å². The number of hydrogen-bond acceptors (Lipinski definition) is 2.